The second kappa shape index (κ2) is 6.53. The molecule has 0 radical (unpaired) electrons. The summed E-state index contributed by atoms with van der Waals surface area (Å²) in [5, 5.41) is 2.66. The number of carbonyl (C=O) groups excluding carboxylic acids is 1. The molecule has 5 heteroatoms. The molecule has 1 aliphatic rings. The van der Waals surface area contributed by atoms with Gasteiger partial charge in [-0.15, -0.1) is 5.92 Å². The van der Waals surface area contributed by atoms with Crippen LogP contribution >= 0.6 is 0 Å². The van der Waals surface area contributed by atoms with Crippen molar-refractivity contribution < 1.29 is 13.2 Å². The highest BCUT2D eigenvalue weighted by Gasteiger charge is 2.52. The van der Waals surface area contributed by atoms with E-state index in [1.807, 2.05) is 6.92 Å². The Balaban J connectivity index is 2.39. The van der Waals surface area contributed by atoms with E-state index in [-0.39, 0.29) is 11.4 Å². The predicted molar refractivity (Wildman–Crippen MR) is 86.0 cm³/mol. The van der Waals surface area contributed by atoms with Gasteiger partial charge in [0.05, 0.1) is 11.4 Å². The van der Waals surface area contributed by atoms with Gasteiger partial charge in [-0.25, -0.2) is 8.42 Å². The lowest BCUT2D eigenvalue weighted by atomic mass is 10.1. The molecular formula is C17H21NO3S. The fourth-order valence-electron chi connectivity index (χ4n) is 2.88. The molecule has 1 amide bonds. The summed E-state index contributed by atoms with van der Waals surface area (Å²) in [6.45, 7) is 3.76. The molecule has 2 rings (SSSR count). The van der Waals surface area contributed by atoms with Crippen LogP contribution < -0.4 is 5.32 Å². The molecule has 0 unspecified atom stereocenters. The molecule has 1 aliphatic carbocycles. The third-order valence-electron chi connectivity index (χ3n) is 4.18. The van der Waals surface area contributed by atoms with Gasteiger partial charge in [-0.1, -0.05) is 36.5 Å². The maximum atomic E-state index is 13.0. The van der Waals surface area contributed by atoms with E-state index >= 15 is 0 Å². The number of carbonyl (C=O) groups is 1. The van der Waals surface area contributed by atoms with Crippen LogP contribution in [0.3, 0.4) is 0 Å². The first-order valence-electron chi connectivity index (χ1n) is 7.43. The topological polar surface area (TPSA) is 63.2 Å². The highest BCUT2D eigenvalue weighted by molar-refractivity contribution is 7.93. The van der Waals surface area contributed by atoms with Gasteiger partial charge >= 0.3 is 0 Å². The Morgan fingerprint density at radius 2 is 1.82 bits per heavy atom. The molecule has 1 N–H and O–H groups in total. The molecule has 0 heterocycles. The fraction of sp³-hybridized carbons (Fsp3) is 0.471. The molecule has 118 valence electrons. The van der Waals surface area contributed by atoms with Gasteiger partial charge < -0.3 is 5.32 Å². The van der Waals surface area contributed by atoms with Crippen molar-refractivity contribution in [3.63, 3.8) is 0 Å². The molecule has 0 aliphatic heterocycles. The van der Waals surface area contributed by atoms with Crippen LogP contribution in [-0.4, -0.2) is 25.6 Å². The Kier molecular flexibility index (Phi) is 4.92. The number of benzene rings is 1. The highest BCUT2D eigenvalue weighted by atomic mass is 32.2. The average Bonchev–Trinajstić information content (AvgIpc) is 2.99. The Morgan fingerprint density at radius 3 is 2.36 bits per heavy atom. The molecule has 22 heavy (non-hydrogen) atoms. The number of nitrogens with one attached hydrogen (secondary N) is 1. The van der Waals surface area contributed by atoms with Gasteiger partial charge in [0.15, 0.2) is 14.6 Å². The molecule has 1 saturated carbocycles. The van der Waals surface area contributed by atoms with Crippen molar-refractivity contribution in [1.29, 1.82) is 0 Å². The molecule has 0 bridgehead atoms. The Bertz CT molecular complexity index is 703. The first-order chi connectivity index (χ1) is 10.4. The van der Waals surface area contributed by atoms with E-state index in [4.69, 9.17) is 0 Å². The number of hydrogen-bond acceptors (Lipinski definition) is 3. The zero-order valence-electron chi connectivity index (χ0n) is 13.0. The maximum Gasteiger partial charge on any atom is 0.242 e. The SMILES string of the molecule is CC#CCNC(=O)C1(S(=O)(=O)c2ccc(C)cc2)CCCC1. The number of amides is 1. The summed E-state index contributed by atoms with van der Waals surface area (Å²) in [6.07, 6.45) is 2.24. The van der Waals surface area contributed by atoms with Crippen LogP contribution in [0.25, 0.3) is 0 Å². The molecule has 0 saturated heterocycles. The van der Waals surface area contributed by atoms with Crippen LogP contribution in [-0.2, 0) is 14.6 Å². The van der Waals surface area contributed by atoms with Gasteiger partial charge in [0.25, 0.3) is 0 Å². The lowest BCUT2D eigenvalue weighted by Crippen LogP contribution is -2.50. The molecule has 4 nitrogen and oxygen atoms in total. The first-order valence-corrected chi connectivity index (χ1v) is 8.91. The summed E-state index contributed by atoms with van der Waals surface area (Å²) >= 11 is 0. The van der Waals surface area contributed by atoms with Gasteiger partial charge in [-0.3, -0.25) is 4.79 Å². The Labute approximate surface area is 132 Å². The standard InChI is InChI=1S/C17H21NO3S/c1-3-4-13-18-16(19)17(11-5-6-12-17)22(20,21)15-9-7-14(2)8-10-15/h7-10H,5-6,11-13H2,1-2H3,(H,18,19). The van der Waals surface area contributed by atoms with Crippen LogP contribution in [0.15, 0.2) is 29.2 Å². The van der Waals surface area contributed by atoms with E-state index in [9.17, 15) is 13.2 Å². The summed E-state index contributed by atoms with van der Waals surface area (Å²) in [5.74, 6) is 5.01. The van der Waals surface area contributed by atoms with Crippen molar-refractivity contribution in [2.24, 2.45) is 0 Å². The van der Waals surface area contributed by atoms with Crippen LogP contribution in [0.4, 0.5) is 0 Å². The second-order valence-corrected chi connectivity index (χ2v) is 7.89. The van der Waals surface area contributed by atoms with Gasteiger partial charge in [0.2, 0.25) is 5.91 Å². The smallest absolute Gasteiger partial charge is 0.242 e. The largest absolute Gasteiger partial charge is 0.344 e. The lowest BCUT2D eigenvalue weighted by Gasteiger charge is -2.27. The van der Waals surface area contributed by atoms with E-state index in [1.165, 1.54) is 0 Å². The monoisotopic (exact) mass is 319 g/mol. The number of aryl methyl sites for hydroxylation is 1. The fourth-order valence-corrected chi connectivity index (χ4v) is 4.97. The van der Waals surface area contributed by atoms with Crippen LogP contribution in [0.5, 0.6) is 0 Å². The molecule has 0 aromatic heterocycles. The second-order valence-electron chi connectivity index (χ2n) is 5.63. The normalized spacial score (nSPS) is 16.6. The van der Waals surface area contributed by atoms with Gasteiger partial charge in [0.1, 0.15) is 0 Å². The molecular weight excluding hydrogens is 298 g/mol. The van der Waals surface area contributed by atoms with Crippen molar-refractivity contribution in [1.82, 2.24) is 5.32 Å². The first kappa shape index (κ1) is 16.6. The molecule has 1 aromatic carbocycles. The zero-order chi connectivity index (χ0) is 16.2. The van der Waals surface area contributed by atoms with Gasteiger partial charge in [-0.2, -0.15) is 0 Å². The molecule has 1 aromatic rings. The third kappa shape index (κ3) is 2.89. The number of rotatable bonds is 4. The quantitative estimate of drug-likeness (QED) is 0.866. The van der Waals surface area contributed by atoms with Crippen LogP contribution in [0, 0.1) is 18.8 Å². The minimum Gasteiger partial charge on any atom is -0.344 e. The van der Waals surface area contributed by atoms with Crippen LogP contribution in [0.2, 0.25) is 0 Å². The van der Waals surface area contributed by atoms with E-state index < -0.39 is 20.5 Å². The minimum atomic E-state index is -3.71. The Morgan fingerprint density at radius 1 is 1.23 bits per heavy atom. The van der Waals surface area contributed by atoms with Gasteiger partial charge in [-0.05, 0) is 38.8 Å². The summed E-state index contributed by atoms with van der Waals surface area (Å²) in [4.78, 5) is 12.8. The maximum absolute atomic E-state index is 13.0. The third-order valence-corrected chi connectivity index (χ3v) is 6.70. The van der Waals surface area contributed by atoms with E-state index in [2.05, 4.69) is 17.2 Å². The number of hydrogen-bond donors (Lipinski definition) is 1. The van der Waals surface area contributed by atoms with E-state index in [0.717, 1.165) is 18.4 Å². The van der Waals surface area contributed by atoms with Crippen molar-refractivity contribution in [2.45, 2.75) is 49.2 Å². The summed E-state index contributed by atoms with van der Waals surface area (Å²) < 4.78 is 24.7. The molecule has 0 spiro atoms. The van der Waals surface area contributed by atoms with E-state index in [1.54, 1.807) is 31.2 Å². The molecule has 0 atom stereocenters. The van der Waals surface area contributed by atoms with Crippen molar-refractivity contribution in [3.05, 3.63) is 29.8 Å². The van der Waals surface area contributed by atoms with E-state index in [0.29, 0.717) is 12.8 Å². The minimum absolute atomic E-state index is 0.181. The average molecular weight is 319 g/mol. The summed E-state index contributed by atoms with van der Waals surface area (Å²) in [6, 6.07) is 6.69. The lowest BCUT2D eigenvalue weighted by molar-refractivity contribution is -0.123. The van der Waals surface area contributed by atoms with Crippen molar-refractivity contribution in [2.75, 3.05) is 6.54 Å². The summed E-state index contributed by atoms with van der Waals surface area (Å²) in [5.41, 5.74) is 0.988. The van der Waals surface area contributed by atoms with Crippen molar-refractivity contribution in [3.8, 4) is 11.8 Å². The zero-order valence-corrected chi connectivity index (χ0v) is 13.8. The number of sulfone groups is 1. The molecule has 1 fully saturated rings. The predicted octanol–water partition coefficient (Wildman–Crippen LogP) is 2.22. The van der Waals surface area contributed by atoms with Gasteiger partial charge in [0, 0.05) is 0 Å². The summed E-state index contributed by atoms with van der Waals surface area (Å²) in [7, 11) is -3.71. The van der Waals surface area contributed by atoms with Crippen molar-refractivity contribution >= 4 is 15.7 Å². The van der Waals surface area contributed by atoms with Crippen LogP contribution in [0.1, 0.15) is 38.2 Å². The highest BCUT2D eigenvalue weighted by Crippen LogP contribution is 2.40. The Hall–Kier alpha value is -1.80.